The maximum atomic E-state index is 10.8. The quantitative estimate of drug-likeness (QED) is 0.482. The third kappa shape index (κ3) is 3.58. The van der Waals surface area contributed by atoms with E-state index in [-0.39, 0.29) is 16.7 Å². The van der Waals surface area contributed by atoms with Crippen LogP contribution in [0.25, 0.3) is 0 Å². The van der Waals surface area contributed by atoms with E-state index < -0.39 is 0 Å². The fourth-order valence-electron chi connectivity index (χ4n) is 1.52. The molecule has 1 N–H and O–H groups in total. The van der Waals surface area contributed by atoms with Crippen LogP contribution in [0.15, 0.2) is 18.2 Å². The summed E-state index contributed by atoms with van der Waals surface area (Å²) in [5, 5.41) is 13.9. The molecule has 17 heavy (non-hydrogen) atoms. The van der Waals surface area contributed by atoms with Crippen LogP contribution in [0.4, 0.5) is 5.69 Å². The molecule has 1 aromatic carbocycles. The molecule has 0 saturated carbocycles. The lowest BCUT2D eigenvalue weighted by Crippen LogP contribution is -2.26. The summed E-state index contributed by atoms with van der Waals surface area (Å²) in [6.07, 6.45) is 6.17. The number of nitrogens with one attached hydrogen (secondary N) is 1. The van der Waals surface area contributed by atoms with E-state index in [9.17, 15) is 10.1 Å². The van der Waals surface area contributed by atoms with Gasteiger partial charge in [0.05, 0.1) is 11.0 Å². The molecule has 0 bridgehead atoms. The van der Waals surface area contributed by atoms with Crippen LogP contribution in [0.1, 0.15) is 24.5 Å². The summed E-state index contributed by atoms with van der Waals surface area (Å²) in [4.78, 5) is 10.4. The first-order valence-electron chi connectivity index (χ1n) is 5.52. The molecular formula is C13H16N2O2. The lowest BCUT2D eigenvalue weighted by atomic mass is 10.1. The van der Waals surface area contributed by atoms with Crippen molar-refractivity contribution in [3.05, 3.63) is 39.4 Å². The standard InChI is InChI=1S/C13H16N2O2/c1-4-12(5-2)14-9-11-7-6-10(3)13(8-11)15(16)17/h1,6-8,12,14H,5,9H2,2-3H3. The summed E-state index contributed by atoms with van der Waals surface area (Å²) in [6, 6.07) is 5.23. The summed E-state index contributed by atoms with van der Waals surface area (Å²) in [7, 11) is 0. The van der Waals surface area contributed by atoms with E-state index in [0.717, 1.165) is 12.0 Å². The van der Waals surface area contributed by atoms with Gasteiger partial charge in [0.1, 0.15) is 0 Å². The molecule has 0 aliphatic heterocycles. The summed E-state index contributed by atoms with van der Waals surface area (Å²) in [5.41, 5.74) is 1.69. The average Bonchev–Trinajstić information content (AvgIpc) is 2.32. The molecule has 1 atom stereocenters. The number of nitro benzene ring substituents is 1. The molecule has 0 spiro atoms. The van der Waals surface area contributed by atoms with Crippen LogP contribution in [0.5, 0.6) is 0 Å². The first-order valence-corrected chi connectivity index (χ1v) is 5.52. The summed E-state index contributed by atoms with van der Waals surface area (Å²) < 4.78 is 0. The fourth-order valence-corrected chi connectivity index (χ4v) is 1.52. The third-order valence-corrected chi connectivity index (χ3v) is 2.63. The van der Waals surface area contributed by atoms with Gasteiger partial charge < -0.3 is 0 Å². The number of hydrogen-bond donors (Lipinski definition) is 1. The van der Waals surface area contributed by atoms with Gasteiger partial charge in [0.15, 0.2) is 0 Å². The molecule has 4 nitrogen and oxygen atoms in total. The molecule has 1 aromatic rings. The Bertz CT molecular complexity index is 449. The second-order valence-electron chi connectivity index (χ2n) is 3.89. The molecule has 0 radical (unpaired) electrons. The number of nitrogens with zero attached hydrogens (tertiary/aromatic N) is 1. The van der Waals surface area contributed by atoms with Gasteiger partial charge in [-0.2, -0.15) is 0 Å². The Morgan fingerprint density at radius 2 is 2.29 bits per heavy atom. The molecule has 0 aliphatic carbocycles. The summed E-state index contributed by atoms with van der Waals surface area (Å²) in [6.45, 7) is 4.27. The zero-order chi connectivity index (χ0) is 12.8. The molecule has 0 aromatic heterocycles. The molecule has 0 heterocycles. The zero-order valence-corrected chi connectivity index (χ0v) is 10.1. The van der Waals surface area contributed by atoms with Crippen LogP contribution >= 0.6 is 0 Å². The molecule has 90 valence electrons. The maximum Gasteiger partial charge on any atom is 0.272 e. The number of rotatable bonds is 5. The van der Waals surface area contributed by atoms with Crippen LogP contribution in [0.2, 0.25) is 0 Å². The van der Waals surface area contributed by atoms with Crippen molar-refractivity contribution in [2.75, 3.05) is 0 Å². The molecule has 1 unspecified atom stereocenters. The van der Waals surface area contributed by atoms with E-state index in [1.165, 1.54) is 0 Å². The second-order valence-corrected chi connectivity index (χ2v) is 3.89. The highest BCUT2D eigenvalue weighted by Gasteiger charge is 2.11. The Balaban J connectivity index is 2.77. The smallest absolute Gasteiger partial charge is 0.272 e. The Morgan fingerprint density at radius 3 is 2.82 bits per heavy atom. The van der Waals surface area contributed by atoms with Crippen molar-refractivity contribution in [2.24, 2.45) is 0 Å². The summed E-state index contributed by atoms with van der Waals surface area (Å²) >= 11 is 0. The normalized spacial score (nSPS) is 11.8. The number of aryl methyl sites for hydroxylation is 1. The van der Waals surface area contributed by atoms with Crippen LogP contribution in [0, 0.1) is 29.4 Å². The molecule has 0 amide bonds. The molecule has 0 aliphatic rings. The van der Waals surface area contributed by atoms with E-state index in [1.807, 2.05) is 13.0 Å². The fraction of sp³-hybridized carbons (Fsp3) is 0.385. The number of terminal acetylenes is 1. The largest absolute Gasteiger partial charge is 0.300 e. The van der Waals surface area contributed by atoms with Crippen LogP contribution in [0.3, 0.4) is 0 Å². The highest BCUT2D eigenvalue weighted by molar-refractivity contribution is 5.42. The Labute approximate surface area is 101 Å². The Kier molecular flexibility index (Phi) is 4.68. The van der Waals surface area contributed by atoms with Crippen molar-refractivity contribution in [3.63, 3.8) is 0 Å². The van der Waals surface area contributed by atoms with Gasteiger partial charge in [0, 0.05) is 18.2 Å². The zero-order valence-electron chi connectivity index (χ0n) is 10.1. The lowest BCUT2D eigenvalue weighted by Gasteiger charge is -2.10. The van der Waals surface area contributed by atoms with Crippen molar-refractivity contribution in [3.8, 4) is 12.3 Å². The highest BCUT2D eigenvalue weighted by atomic mass is 16.6. The molecular weight excluding hydrogens is 216 g/mol. The van der Waals surface area contributed by atoms with Crippen molar-refractivity contribution in [1.29, 1.82) is 0 Å². The van der Waals surface area contributed by atoms with E-state index in [2.05, 4.69) is 11.2 Å². The van der Waals surface area contributed by atoms with Gasteiger partial charge >= 0.3 is 0 Å². The minimum Gasteiger partial charge on any atom is -0.300 e. The van der Waals surface area contributed by atoms with Gasteiger partial charge in [-0.15, -0.1) is 6.42 Å². The van der Waals surface area contributed by atoms with Crippen LogP contribution in [-0.2, 0) is 6.54 Å². The Morgan fingerprint density at radius 1 is 1.59 bits per heavy atom. The van der Waals surface area contributed by atoms with E-state index >= 15 is 0 Å². The lowest BCUT2D eigenvalue weighted by molar-refractivity contribution is -0.385. The third-order valence-electron chi connectivity index (χ3n) is 2.63. The van der Waals surface area contributed by atoms with Gasteiger partial charge in [0.2, 0.25) is 0 Å². The first-order chi connectivity index (χ1) is 8.08. The monoisotopic (exact) mass is 232 g/mol. The molecule has 4 heteroatoms. The van der Waals surface area contributed by atoms with Gasteiger partial charge in [-0.3, -0.25) is 15.4 Å². The second kappa shape index (κ2) is 6.02. The van der Waals surface area contributed by atoms with Crippen molar-refractivity contribution in [2.45, 2.75) is 32.9 Å². The van der Waals surface area contributed by atoms with Crippen LogP contribution in [-0.4, -0.2) is 11.0 Å². The topological polar surface area (TPSA) is 55.2 Å². The van der Waals surface area contributed by atoms with Gasteiger partial charge in [-0.05, 0) is 18.9 Å². The minimum absolute atomic E-state index is 0.00959. The number of nitro groups is 1. The van der Waals surface area contributed by atoms with E-state index in [1.54, 1.807) is 19.1 Å². The highest BCUT2D eigenvalue weighted by Crippen LogP contribution is 2.19. The van der Waals surface area contributed by atoms with Crippen molar-refractivity contribution >= 4 is 5.69 Å². The number of hydrogen-bond acceptors (Lipinski definition) is 3. The number of benzene rings is 1. The van der Waals surface area contributed by atoms with Gasteiger partial charge in [-0.25, -0.2) is 0 Å². The molecule has 0 saturated heterocycles. The van der Waals surface area contributed by atoms with Gasteiger partial charge in [-0.1, -0.05) is 25.0 Å². The van der Waals surface area contributed by atoms with E-state index in [0.29, 0.717) is 12.1 Å². The molecule has 0 fully saturated rings. The minimum atomic E-state index is -0.364. The Hall–Kier alpha value is -1.86. The first kappa shape index (κ1) is 13.2. The SMILES string of the molecule is C#CC(CC)NCc1ccc(C)c([N+](=O)[O-])c1. The summed E-state index contributed by atoms with van der Waals surface area (Å²) in [5.74, 6) is 2.63. The van der Waals surface area contributed by atoms with Crippen LogP contribution < -0.4 is 5.32 Å². The predicted molar refractivity (Wildman–Crippen MR) is 67.6 cm³/mol. The van der Waals surface area contributed by atoms with E-state index in [4.69, 9.17) is 6.42 Å². The van der Waals surface area contributed by atoms with Gasteiger partial charge in [0.25, 0.3) is 5.69 Å². The average molecular weight is 232 g/mol. The van der Waals surface area contributed by atoms with Crippen molar-refractivity contribution in [1.82, 2.24) is 5.32 Å². The van der Waals surface area contributed by atoms with Crippen molar-refractivity contribution < 1.29 is 4.92 Å². The predicted octanol–water partition coefficient (Wildman–Crippen LogP) is 2.40. The molecule has 1 rings (SSSR count). The maximum absolute atomic E-state index is 10.8.